The lowest BCUT2D eigenvalue weighted by Crippen LogP contribution is -2.72. The summed E-state index contributed by atoms with van der Waals surface area (Å²) in [5.74, 6) is -2.70. The fraction of sp³-hybridized carbons (Fsp3) is 0.892. The molecule has 0 saturated carbocycles. The van der Waals surface area contributed by atoms with Gasteiger partial charge in [0.05, 0.1) is 38.6 Å². The van der Waals surface area contributed by atoms with Crippen LogP contribution in [0.1, 0.15) is 41.5 Å². The molecule has 8 unspecified atom stereocenters. The maximum atomic E-state index is 12.7. The van der Waals surface area contributed by atoms with E-state index in [2.05, 4.69) is 21.3 Å². The molecule has 4 saturated heterocycles. The first-order chi connectivity index (χ1) is 28.8. The van der Waals surface area contributed by atoms with E-state index in [0.717, 1.165) is 13.8 Å². The van der Waals surface area contributed by atoms with Crippen LogP contribution in [0.15, 0.2) is 0 Å². The molecule has 0 radical (unpaired) electrons. The minimum absolute atomic E-state index is 0.143. The number of ether oxygens (including phenoxy) is 9. The van der Waals surface area contributed by atoms with E-state index >= 15 is 0 Å². The van der Waals surface area contributed by atoms with Crippen LogP contribution >= 0.6 is 0 Å². The fourth-order valence-electron chi connectivity index (χ4n) is 8.22. The molecule has 4 fully saturated rings. The summed E-state index contributed by atoms with van der Waals surface area (Å²) in [5.41, 5.74) is 0. The van der Waals surface area contributed by atoms with E-state index in [9.17, 15) is 54.9 Å². The van der Waals surface area contributed by atoms with Crippen LogP contribution in [0.4, 0.5) is 0 Å². The van der Waals surface area contributed by atoms with E-state index in [-0.39, 0.29) is 12.5 Å². The average molecular weight is 885 g/mol. The molecule has 352 valence electrons. The fourth-order valence-corrected chi connectivity index (χ4v) is 8.22. The van der Waals surface area contributed by atoms with Crippen molar-refractivity contribution in [2.75, 3.05) is 40.6 Å². The molecule has 0 aliphatic carbocycles. The molecule has 0 spiro atoms. The number of methoxy groups -OCH3 is 2. The Hall–Kier alpha value is -2.76. The topological polar surface area (TPSA) is 341 Å². The van der Waals surface area contributed by atoms with Crippen LogP contribution in [0.3, 0.4) is 0 Å². The van der Waals surface area contributed by atoms with E-state index in [1.807, 2.05) is 0 Å². The van der Waals surface area contributed by atoms with Crippen molar-refractivity contribution in [2.45, 2.75) is 164 Å². The van der Waals surface area contributed by atoms with Gasteiger partial charge in [-0.3, -0.25) is 19.2 Å². The van der Waals surface area contributed by atoms with E-state index < -0.39 is 166 Å². The van der Waals surface area contributed by atoms with Crippen LogP contribution < -0.4 is 21.3 Å². The lowest BCUT2D eigenvalue weighted by atomic mass is 9.87. The summed E-state index contributed by atoms with van der Waals surface area (Å²) < 4.78 is 53.5. The molecule has 4 rings (SSSR count). The average Bonchev–Trinajstić information content (AvgIpc) is 3.18. The van der Waals surface area contributed by atoms with Gasteiger partial charge < -0.3 is 99.6 Å². The largest absolute Gasteiger partial charge is 0.394 e. The standard InChI is InChI=1S/C37H64N4O20/c1-13(2)30-22(38-14(3)45)28(51)31(19(10-43)55-30)59-37-25(41-17(6)48)34(26(49)18(9-42)56-37)61-35-23(39-15(4)46)29(52)32(20(11-44)57-35)60-36-24(40-16(5)47)33(54-8)27(50)21(58-36)12-53-7/h13,18-37,42-44,49-52H,9-12H2,1-8H3,(H,38,45)(H,39,46)(H,40,47)(H,41,48)/t18?,19?,20?,21?,22?,23?,24?,25?,26-,27-,28+,29+,30-,31+,32+,33+,34+,35-,36-,37-/m0/s1. The van der Waals surface area contributed by atoms with Crippen molar-refractivity contribution in [3.05, 3.63) is 0 Å². The summed E-state index contributed by atoms with van der Waals surface area (Å²) in [5, 5.41) is 87.7. The third kappa shape index (κ3) is 12.1. The van der Waals surface area contributed by atoms with Gasteiger partial charge in [-0.1, -0.05) is 13.8 Å². The van der Waals surface area contributed by atoms with E-state index in [0.29, 0.717) is 0 Å². The number of hydrogen-bond acceptors (Lipinski definition) is 20. The summed E-state index contributed by atoms with van der Waals surface area (Å²) >= 11 is 0. The molecular weight excluding hydrogens is 820 g/mol. The Balaban J connectivity index is 1.69. The van der Waals surface area contributed by atoms with E-state index in [1.54, 1.807) is 13.8 Å². The van der Waals surface area contributed by atoms with Gasteiger partial charge in [0.1, 0.15) is 91.4 Å². The van der Waals surface area contributed by atoms with Gasteiger partial charge in [0.15, 0.2) is 18.9 Å². The number of rotatable bonds is 17. The molecule has 24 heteroatoms. The van der Waals surface area contributed by atoms with Gasteiger partial charge >= 0.3 is 0 Å². The Labute approximate surface area is 352 Å². The minimum atomic E-state index is -1.81. The van der Waals surface area contributed by atoms with Crippen LogP contribution in [0, 0.1) is 5.92 Å². The summed E-state index contributed by atoms with van der Waals surface area (Å²) in [6.45, 7) is 5.76. The molecule has 24 nitrogen and oxygen atoms in total. The van der Waals surface area contributed by atoms with E-state index in [1.165, 1.54) is 28.1 Å². The Morgan fingerprint density at radius 3 is 1.34 bits per heavy atom. The number of aliphatic hydroxyl groups is 7. The highest BCUT2D eigenvalue weighted by atomic mass is 16.7. The first-order valence-electron chi connectivity index (χ1n) is 20.0. The molecule has 4 aliphatic rings. The number of nitrogens with one attached hydrogen (secondary N) is 4. The predicted molar refractivity (Wildman–Crippen MR) is 202 cm³/mol. The van der Waals surface area contributed by atoms with Crippen molar-refractivity contribution in [3.63, 3.8) is 0 Å². The second-order valence-electron chi connectivity index (χ2n) is 15.9. The van der Waals surface area contributed by atoms with Crippen LogP contribution in [0.25, 0.3) is 0 Å². The molecule has 0 aromatic carbocycles. The lowest BCUT2D eigenvalue weighted by molar-refractivity contribution is -0.358. The Morgan fingerprint density at radius 1 is 0.508 bits per heavy atom. The van der Waals surface area contributed by atoms with Gasteiger partial charge in [-0.25, -0.2) is 0 Å². The Morgan fingerprint density at radius 2 is 0.885 bits per heavy atom. The summed E-state index contributed by atoms with van der Waals surface area (Å²) in [4.78, 5) is 49.8. The van der Waals surface area contributed by atoms with Crippen molar-refractivity contribution >= 4 is 23.6 Å². The zero-order chi connectivity index (χ0) is 45.5. The van der Waals surface area contributed by atoms with Crippen LogP contribution in [-0.4, -0.2) is 222 Å². The maximum Gasteiger partial charge on any atom is 0.217 e. The third-order valence-electron chi connectivity index (χ3n) is 10.9. The highest BCUT2D eigenvalue weighted by Crippen LogP contribution is 2.35. The van der Waals surface area contributed by atoms with Crippen molar-refractivity contribution in [3.8, 4) is 0 Å². The molecule has 0 aromatic heterocycles. The molecule has 61 heavy (non-hydrogen) atoms. The van der Waals surface area contributed by atoms with Gasteiger partial charge in [0, 0.05) is 41.9 Å². The third-order valence-corrected chi connectivity index (χ3v) is 10.9. The molecular formula is C37H64N4O20. The van der Waals surface area contributed by atoms with Gasteiger partial charge in [0.2, 0.25) is 23.6 Å². The minimum Gasteiger partial charge on any atom is -0.394 e. The number of carbonyl (C=O) groups is 4. The molecule has 20 atom stereocenters. The molecule has 4 amide bonds. The quantitative estimate of drug-likeness (QED) is 0.0647. The number of carbonyl (C=O) groups excluding carboxylic acids is 4. The Kier molecular flexibility index (Phi) is 19.0. The predicted octanol–water partition coefficient (Wildman–Crippen LogP) is -6.16. The van der Waals surface area contributed by atoms with Crippen molar-refractivity contribution in [1.82, 2.24) is 21.3 Å². The van der Waals surface area contributed by atoms with Gasteiger partial charge in [-0.2, -0.15) is 0 Å². The molecule has 0 bridgehead atoms. The molecule has 11 N–H and O–H groups in total. The lowest BCUT2D eigenvalue weighted by Gasteiger charge is -2.51. The Bertz CT molecular complexity index is 1450. The van der Waals surface area contributed by atoms with Crippen molar-refractivity contribution in [1.29, 1.82) is 0 Å². The van der Waals surface area contributed by atoms with Crippen LogP contribution in [-0.2, 0) is 61.8 Å². The summed E-state index contributed by atoms with van der Waals surface area (Å²) in [7, 11) is 2.65. The van der Waals surface area contributed by atoms with E-state index in [4.69, 9.17) is 42.6 Å². The van der Waals surface area contributed by atoms with Crippen LogP contribution in [0.5, 0.6) is 0 Å². The second-order valence-corrected chi connectivity index (χ2v) is 15.9. The molecule has 4 aliphatic heterocycles. The highest BCUT2D eigenvalue weighted by Gasteiger charge is 2.56. The highest BCUT2D eigenvalue weighted by molar-refractivity contribution is 5.74. The smallest absolute Gasteiger partial charge is 0.217 e. The SMILES string of the molecule is COCC1O[C@@H](O[C@@H]2C(CO)O[C@@H](O[C@@H]3C(NC(C)=O)[C@H](O[C@@H]4C(CO)O[C@@H](C(C)C)C(NC(C)=O)[C@H]4O)OC(CO)[C@@H]3O)C(NC(C)=O)[C@H]2O)C(NC(C)=O)[C@@H](OC)[C@H]1O. The second kappa shape index (κ2) is 22.7. The van der Waals surface area contributed by atoms with Gasteiger partial charge in [0.25, 0.3) is 0 Å². The number of hydrogen-bond donors (Lipinski definition) is 11. The summed E-state index contributed by atoms with van der Waals surface area (Å²) in [6, 6.07) is -5.31. The monoisotopic (exact) mass is 884 g/mol. The van der Waals surface area contributed by atoms with Crippen LogP contribution in [0.2, 0.25) is 0 Å². The van der Waals surface area contributed by atoms with Crippen molar-refractivity contribution < 1.29 is 97.6 Å². The number of aliphatic hydroxyl groups excluding tert-OH is 7. The maximum absolute atomic E-state index is 12.7. The normalized spacial score (nSPS) is 41.8. The molecule has 0 aromatic rings. The van der Waals surface area contributed by atoms with Gasteiger partial charge in [-0.05, 0) is 5.92 Å². The zero-order valence-electron chi connectivity index (χ0n) is 35.4. The summed E-state index contributed by atoms with van der Waals surface area (Å²) in [6.07, 6.45) is -23.2. The van der Waals surface area contributed by atoms with Gasteiger partial charge in [-0.15, -0.1) is 0 Å². The van der Waals surface area contributed by atoms with Crippen molar-refractivity contribution in [2.24, 2.45) is 5.92 Å². The zero-order valence-corrected chi connectivity index (χ0v) is 35.4. The first-order valence-corrected chi connectivity index (χ1v) is 20.0. The molecule has 4 heterocycles. The number of amides is 4. The first kappa shape index (κ1) is 50.9.